The summed E-state index contributed by atoms with van der Waals surface area (Å²) >= 11 is 12.2. The van der Waals surface area contributed by atoms with Crippen LogP contribution in [0.15, 0.2) is 18.2 Å². The molecule has 1 atom stereocenters. The molecule has 7 heteroatoms. The molecule has 0 saturated heterocycles. The normalized spacial score (nSPS) is 12.4. The number of carbonyl (C=O) groups is 2. The Kier molecular flexibility index (Phi) is 5.55. The minimum atomic E-state index is -0.724. The third-order valence-electron chi connectivity index (χ3n) is 3.42. The first-order valence-electron chi connectivity index (χ1n) is 7.19. The number of carbonyl (C=O) groups excluding carboxylic acids is 2. The number of hydrogen-bond donors (Lipinski definition) is 2. The van der Waals surface area contributed by atoms with E-state index in [0.29, 0.717) is 22.3 Å². The minimum Gasteiger partial charge on any atom is -0.467 e. The maximum Gasteiger partial charge on any atom is 0.328 e. The quantitative estimate of drug-likeness (QED) is 0.800. The van der Waals surface area contributed by atoms with E-state index in [1.807, 2.05) is 13.8 Å². The molecule has 1 aromatic heterocycles. The fourth-order valence-electron chi connectivity index (χ4n) is 2.35. The molecule has 2 N–H and O–H groups in total. The molecule has 23 heavy (non-hydrogen) atoms. The summed E-state index contributed by atoms with van der Waals surface area (Å²) in [6, 6.07) is 4.40. The fourth-order valence-corrected chi connectivity index (χ4v) is 2.81. The highest BCUT2D eigenvalue weighted by Gasteiger charge is 2.25. The number of hydrogen-bond acceptors (Lipinski definition) is 3. The third kappa shape index (κ3) is 3.98. The molecule has 1 amide bonds. The van der Waals surface area contributed by atoms with Crippen molar-refractivity contribution in [3.8, 4) is 0 Å². The van der Waals surface area contributed by atoms with Gasteiger partial charge in [-0.15, -0.1) is 0 Å². The highest BCUT2D eigenvalue weighted by molar-refractivity contribution is 6.39. The first kappa shape index (κ1) is 17.6. The summed E-state index contributed by atoms with van der Waals surface area (Å²) in [5.41, 5.74) is 0.893. The molecular weight excluding hydrogens is 339 g/mol. The Labute approximate surface area is 144 Å². The van der Waals surface area contributed by atoms with Gasteiger partial charge in [-0.05, 0) is 30.5 Å². The summed E-state index contributed by atoms with van der Waals surface area (Å²) in [6.07, 6.45) is 0.474. The number of methoxy groups -OCH3 is 1. The van der Waals surface area contributed by atoms with Crippen molar-refractivity contribution in [2.45, 2.75) is 26.3 Å². The Hall–Kier alpha value is -1.72. The Morgan fingerprint density at radius 1 is 1.30 bits per heavy atom. The van der Waals surface area contributed by atoms with Crippen LogP contribution in [0.4, 0.5) is 0 Å². The first-order valence-corrected chi connectivity index (χ1v) is 7.94. The number of amides is 1. The summed E-state index contributed by atoms with van der Waals surface area (Å²) in [6.45, 7) is 3.92. The number of benzene rings is 1. The Balaban J connectivity index is 2.28. The van der Waals surface area contributed by atoms with Crippen molar-refractivity contribution in [2.24, 2.45) is 5.92 Å². The fraction of sp³-hybridized carbons (Fsp3) is 0.375. The zero-order valence-corrected chi connectivity index (χ0v) is 14.6. The van der Waals surface area contributed by atoms with E-state index in [0.717, 1.165) is 0 Å². The van der Waals surface area contributed by atoms with Gasteiger partial charge in [-0.25, -0.2) is 4.79 Å². The van der Waals surface area contributed by atoms with Gasteiger partial charge in [0.2, 0.25) is 0 Å². The van der Waals surface area contributed by atoms with Crippen LogP contribution in [0.1, 0.15) is 30.8 Å². The zero-order chi connectivity index (χ0) is 17.1. The second-order valence-electron chi connectivity index (χ2n) is 5.68. The number of ether oxygens (including phenoxy) is 1. The van der Waals surface area contributed by atoms with Crippen molar-refractivity contribution < 1.29 is 14.3 Å². The van der Waals surface area contributed by atoms with E-state index in [1.54, 1.807) is 18.2 Å². The predicted octanol–water partition coefficient (Wildman–Crippen LogP) is 3.79. The third-order valence-corrected chi connectivity index (χ3v) is 4.05. The molecule has 1 aromatic carbocycles. The number of esters is 1. The van der Waals surface area contributed by atoms with Crippen LogP contribution in [0.3, 0.4) is 0 Å². The smallest absolute Gasteiger partial charge is 0.328 e. The van der Waals surface area contributed by atoms with Gasteiger partial charge in [0, 0.05) is 15.9 Å². The van der Waals surface area contributed by atoms with Crippen molar-refractivity contribution in [3.63, 3.8) is 0 Å². The van der Waals surface area contributed by atoms with Crippen LogP contribution in [0.25, 0.3) is 10.9 Å². The Bertz CT molecular complexity index is 740. The van der Waals surface area contributed by atoms with Gasteiger partial charge in [0.15, 0.2) is 0 Å². The summed E-state index contributed by atoms with van der Waals surface area (Å²) in [4.78, 5) is 27.2. The van der Waals surface area contributed by atoms with E-state index in [-0.39, 0.29) is 16.6 Å². The lowest BCUT2D eigenvalue weighted by molar-refractivity contribution is -0.143. The number of fused-ring (bicyclic) bond motifs is 1. The molecule has 0 saturated carbocycles. The maximum absolute atomic E-state index is 12.5. The maximum atomic E-state index is 12.5. The molecule has 5 nitrogen and oxygen atoms in total. The lowest BCUT2D eigenvalue weighted by atomic mass is 10.0. The van der Waals surface area contributed by atoms with E-state index in [9.17, 15) is 9.59 Å². The molecule has 0 aliphatic carbocycles. The average molecular weight is 357 g/mol. The van der Waals surface area contributed by atoms with Gasteiger partial charge in [-0.2, -0.15) is 0 Å². The molecule has 0 bridgehead atoms. The minimum absolute atomic E-state index is 0.196. The van der Waals surface area contributed by atoms with Crippen molar-refractivity contribution in [2.75, 3.05) is 7.11 Å². The molecule has 0 aliphatic rings. The van der Waals surface area contributed by atoms with Crippen molar-refractivity contribution in [1.29, 1.82) is 0 Å². The number of halogens is 2. The van der Waals surface area contributed by atoms with Crippen molar-refractivity contribution in [1.82, 2.24) is 10.3 Å². The monoisotopic (exact) mass is 356 g/mol. The predicted molar refractivity (Wildman–Crippen MR) is 91.0 cm³/mol. The van der Waals surface area contributed by atoms with Crippen LogP contribution in [0, 0.1) is 5.92 Å². The van der Waals surface area contributed by atoms with Crippen LogP contribution >= 0.6 is 23.2 Å². The van der Waals surface area contributed by atoms with Crippen LogP contribution in [0.5, 0.6) is 0 Å². The van der Waals surface area contributed by atoms with E-state index in [4.69, 9.17) is 27.9 Å². The van der Waals surface area contributed by atoms with E-state index < -0.39 is 17.9 Å². The van der Waals surface area contributed by atoms with Gasteiger partial charge in [-0.3, -0.25) is 4.79 Å². The summed E-state index contributed by atoms with van der Waals surface area (Å²) in [7, 11) is 1.29. The molecule has 0 spiro atoms. The van der Waals surface area contributed by atoms with Gasteiger partial charge >= 0.3 is 5.97 Å². The van der Waals surface area contributed by atoms with E-state index in [1.165, 1.54) is 7.11 Å². The first-order chi connectivity index (χ1) is 10.8. The molecule has 0 aliphatic heterocycles. The second kappa shape index (κ2) is 7.23. The lowest BCUT2D eigenvalue weighted by Crippen LogP contribution is -2.42. The zero-order valence-electron chi connectivity index (χ0n) is 13.1. The number of H-pyrrole nitrogens is 1. The van der Waals surface area contributed by atoms with Crippen LogP contribution < -0.4 is 5.32 Å². The molecule has 2 rings (SSSR count). The van der Waals surface area contributed by atoms with Gasteiger partial charge in [0.05, 0.1) is 12.1 Å². The summed E-state index contributed by atoms with van der Waals surface area (Å²) < 4.78 is 4.74. The van der Waals surface area contributed by atoms with Gasteiger partial charge in [0.25, 0.3) is 5.91 Å². The molecule has 1 heterocycles. The SMILES string of the molecule is COC(=O)C(CC(C)C)NC(=O)c1[nH]c2ccc(Cl)cc2c1Cl. The summed E-state index contributed by atoms with van der Waals surface area (Å²) in [5.74, 6) is -0.725. The second-order valence-corrected chi connectivity index (χ2v) is 6.50. The molecule has 124 valence electrons. The van der Waals surface area contributed by atoms with E-state index in [2.05, 4.69) is 10.3 Å². The number of aromatic nitrogens is 1. The summed E-state index contributed by atoms with van der Waals surface area (Å²) in [5, 5.41) is 4.12. The van der Waals surface area contributed by atoms with Crippen LogP contribution in [0.2, 0.25) is 10.0 Å². The Morgan fingerprint density at radius 3 is 2.61 bits per heavy atom. The van der Waals surface area contributed by atoms with Crippen LogP contribution in [-0.2, 0) is 9.53 Å². The number of nitrogens with one attached hydrogen (secondary N) is 2. The molecule has 0 fully saturated rings. The molecular formula is C16H18Cl2N2O3. The highest BCUT2D eigenvalue weighted by atomic mass is 35.5. The standard InChI is InChI=1S/C16H18Cl2N2O3/c1-8(2)6-12(16(22)23-3)20-15(21)14-13(18)10-7-9(17)4-5-11(10)19-14/h4-5,7-8,12,19H,6H2,1-3H3,(H,20,21). The van der Waals surface area contributed by atoms with Crippen molar-refractivity contribution in [3.05, 3.63) is 33.9 Å². The van der Waals surface area contributed by atoms with Crippen molar-refractivity contribution >= 4 is 46.0 Å². The van der Waals surface area contributed by atoms with Gasteiger partial charge < -0.3 is 15.0 Å². The molecule has 1 unspecified atom stereocenters. The largest absolute Gasteiger partial charge is 0.467 e. The number of aromatic amines is 1. The van der Waals surface area contributed by atoms with Gasteiger partial charge in [-0.1, -0.05) is 37.0 Å². The average Bonchev–Trinajstić information content (AvgIpc) is 2.82. The van der Waals surface area contributed by atoms with Crippen LogP contribution in [-0.4, -0.2) is 30.0 Å². The van der Waals surface area contributed by atoms with E-state index >= 15 is 0 Å². The van der Waals surface area contributed by atoms with Gasteiger partial charge in [0.1, 0.15) is 11.7 Å². The Morgan fingerprint density at radius 2 is 2.00 bits per heavy atom. The molecule has 2 aromatic rings. The topological polar surface area (TPSA) is 71.2 Å². The molecule has 0 radical (unpaired) electrons. The number of rotatable bonds is 5. The highest BCUT2D eigenvalue weighted by Crippen LogP contribution is 2.29. The lowest BCUT2D eigenvalue weighted by Gasteiger charge is -2.18.